The Morgan fingerprint density at radius 1 is 1.00 bits per heavy atom. The van der Waals surface area contributed by atoms with Crippen LogP contribution in [0.15, 0.2) is 41.8 Å². The van der Waals surface area contributed by atoms with Crippen molar-refractivity contribution < 1.29 is 0 Å². The smallest absolute Gasteiger partial charge is 0.173 e. The average Bonchev–Trinajstić information content (AvgIpc) is 3.49. The Morgan fingerprint density at radius 3 is 2.48 bits per heavy atom. The second-order valence-electron chi connectivity index (χ2n) is 8.59. The minimum atomic E-state index is 0.0285. The van der Waals surface area contributed by atoms with E-state index in [1.165, 1.54) is 42.5 Å². The molecule has 1 atom stereocenters. The molecule has 6 nitrogen and oxygen atoms in total. The van der Waals surface area contributed by atoms with Crippen molar-refractivity contribution in [1.29, 1.82) is 0 Å². The molecule has 1 saturated carbocycles. The molecule has 8 heteroatoms. The number of hydrogen-bond donors (Lipinski definition) is 0. The van der Waals surface area contributed by atoms with Crippen molar-refractivity contribution in [2.45, 2.75) is 50.7 Å². The topological polar surface area (TPSA) is 50.1 Å². The largest absolute Gasteiger partial charge is 0.298 e. The van der Waals surface area contributed by atoms with Gasteiger partial charge in [0.2, 0.25) is 0 Å². The molecule has 1 aliphatic carbocycles. The number of thiophene rings is 1. The molecule has 0 radical (unpaired) electrons. The number of nitrogens with zero attached hydrogens (tertiary/aromatic N) is 6. The van der Waals surface area contributed by atoms with Gasteiger partial charge in [0.1, 0.15) is 0 Å². The molecule has 3 aromatic rings. The molecule has 2 aliphatic rings. The first kappa shape index (κ1) is 21.1. The van der Waals surface area contributed by atoms with E-state index in [1.54, 1.807) is 11.3 Å². The van der Waals surface area contributed by atoms with Gasteiger partial charge in [0.05, 0.1) is 12.6 Å². The number of halogens is 1. The lowest BCUT2D eigenvalue weighted by Gasteiger charge is -2.43. The molecule has 1 aromatic carbocycles. The lowest BCUT2D eigenvalue weighted by atomic mass is 9.93. The number of aromatic nitrogens is 4. The quantitative estimate of drug-likeness (QED) is 0.547. The Kier molecular flexibility index (Phi) is 6.64. The first-order chi connectivity index (χ1) is 15.3. The summed E-state index contributed by atoms with van der Waals surface area (Å²) in [6.45, 7) is 4.97. The van der Waals surface area contributed by atoms with Crippen LogP contribution in [0.4, 0.5) is 0 Å². The third kappa shape index (κ3) is 4.85. The molecule has 0 amide bonds. The molecular weight excluding hydrogens is 428 g/mol. The van der Waals surface area contributed by atoms with E-state index < -0.39 is 0 Å². The van der Waals surface area contributed by atoms with Crippen LogP contribution in [0.5, 0.6) is 0 Å². The number of hydrogen-bond acceptors (Lipinski definition) is 6. The van der Waals surface area contributed by atoms with Crippen molar-refractivity contribution in [1.82, 2.24) is 30.0 Å². The van der Waals surface area contributed by atoms with Gasteiger partial charge in [-0.05, 0) is 52.4 Å². The Labute approximate surface area is 192 Å². The van der Waals surface area contributed by atoms with Crippen LogP contribution < -0.4 is 0 Å². The first-order valence-electron chi connectivity index (χ1n) is 11.3. The highest BCUT2D eigenvalue weighted by Crippen LogP contribution is 2.31. The van der Waals surface area contributed by atoms with E-state index >= 15 is 0 Å². The van der Waals surface area contributed by atoms with Crippen LogP contribution in [-0.4, -0.2) is 62.2 Å². The van der Waals surface area contributed by atoms with Crippen LogP contribution in [0.1, 0.15) is 54.4 Å². The lowest BCUT2D eigenvalue weighted by Crippen LogP contribution is -2.52. The molecule has 3 heterocycles. The Hall–Kier alpha value is -1.80. The van der Waals surface area contributed by atoms with E-state index in [9.17, 15) is 0 Å². The van der Waals surface area contributed by atoms with E-state index in [-0.39, 0.29) is 6.04 Å². The zero-order valence-electron chi connectivity index (χ0n) is 17.7. The van der Waals surface area contributed by atoms with Crippen LogP contribution >= 0.6 is 22.9 Å². The van der Waals surface area contributed by atoms with E-state index in [0.29, 0.717) is 6.54 Å². The van der Waals surface area contributed by atoms with Crippen LogP contribution in [0, 0.1) is 0 Å². The molecule has 164 valence electrons. The Morgan fingerprint density at radius 2 is 1.77 bits per heavy atom. The van der Waals surface area contributed by atoms with Crippen molar-refractivity contribution in [2.24, 2.45) is 0 Å². The van der Waals surface area contributed by atoms with Crippen molar-refractivity contribution >= 4 is 22.9 Å². The fraction of sp³-hybridized carbons (Fsp3) is 0.522. The molecule has 0 bridgehead atoms. The molecular formula is C23H29ClN6S. The van der Waals surface area contributed by atoms with Crippen molar-refractivity contribution in [3.05, 3.63) is 63.1 Å². The normalized spacial score (nSPS) is 20.2. The van der Waals surface area contributed by atoms with Gasteiger partial charge in [0.15, 0.2) is 5.82 Å². The summed E-state index contributed by atoms with van der Waals surface area (Å²) in [6.07, 6.45) is 6.90. The maximum Gasteiger partial charge on any atom is 0.173 e. The maximum atomic E-state index is 6.19. The molecule has 0 N–H and O–H groups in total. The van der Waals surface area contributed by atoms with Crippen LogP contribution in [0.25, 0.3) is 0 Å². The van der Waals surface area contributed by atoms with E-state index in [1.807, 2.05) is 16.8 Å². The zero-order valence-corrected chi connectivity index (χ0v) is 19.3. The maximum absolute atomic E-state index is 6.19. The fourth-order valence-electron chi connectivity index (χ4n) is 5.05. The van der Waals surface area contributed by atoms with Gasteiger partial charge < -0.3 is 0 Å². The lowest BCUT2D eigenvalue weighted by molar-refractivity contribution is 0.0620. The van der Waals surface area contributed by atoms with Gasteiger partial charge in [-0.3, -0.25) is 9.80 Å². The molecule has 1 saturated heterocycles. The van der Waals surface area contributed by atoms with Crippen LogP contribution in [-0.2, 0) is 6.54 Å². The summed E-state index contributed by atoms with van der Waals surface area (Å²) in [5.74, 6) is 0.904. The van der Waals surface area contributed by atoms with E-state index in [4.69, 9.17) is 11.6 Å². The average molecular weight is 457 g/mol. The third-order valence-corrected chi connectivity index (χ3v) is 7.79. The van der Waals surface area contributed by atoms with Crippen molar-refractivity contribution in [3.63, 3.8) is 0 Å². The van der Waals surface area contributed by atoms with Gasteiger partial charge in [0.25, 0.3) is 0 Å². The summed E-state index contributed by atoms with van der Waals surface area (Å²) in [5, 5.41) is 15.7. The second-order valence-corrected chi connectivity index (χ2v) is 10.1. The summed E-state index contributed by atoms with van der Waals surface area (Å²) in [6, 6.07) is 13.2. The summed E-state index contributed by atoms with van der Waals surface area (Å²) >= 11 is 7.93. The Bertz CT molecular complexity index is 943. The van der Waals surface area contributed by atoms with E-state index in [2.05, 4.69) is 55.0 Å². The molecule has 2 aromatic heterocycles. The van der Waals surface area contributed by atoms with Gasteiger partial charge in [0, 0.05) is 42.1 Å². The monoisotopic (exact) mass is 456 g/mol. The summed E-state index contributed by atoms with van der Waals surface area (Å²) in [4.78, 5) is 6.51. The summed E-state index contributed by atoms with van der Waals surface area (Å²) in [5.41, 5.74) is 1.19. The van der Waals surface area contributed by atoms with Crippen LogP contribution in [0.3, 0.4) is 0 Å². The number of piperazine rings is 1. The summed E-state index contributed by atoms with van der Waals surface area (Å²) < 4.78 is 1.96. The van der Waals surface area contributed by atoms with E-state index in [0.717, 1.165) is 43.1 Å². The fourth-order valence-corrected chi connectivity index (χ4v) is 5.86. The van der Waals surface area contributed by atoms with Crippen molar-refractivity contribution in [2.75, 3.05) is 26.2 Å². The molecule has 1 unspecified atom stereocenters. The zero-order chi connectivity index (χ0) is 21.0. The third-order valence-electron chi connectivity index (χ3n) is 6.68. The van der Waals surface area contributed by atoms with Gasteiger partial charge >= 0.3 is 0 Å². The molecule has 2 fully saturated rings. The second kappa shape index (κ2) is 9.77. The first-order valence-corrected chi connectivity index (χ1v) is 12.6. The van der Waals surface area contributed by atoms with Crippen LogP contribution in [0.2, 0.25) is 5.02 Å². The SMILES string of the molecule is Clc1ccc(C(c2nnnn2Cc2cccs2)N2CCN(C3CCCCC3)CC2)cc1. The molecule has 0 spiro atoms. The van der Waals surface area contributed by atoms with Gasteiger partial charge in [-0.1, -0.05) is 49.1 Å². The minimum Gasteiger partial charge on any atom is -0.298 e. The number of benzene rings is 1. The summed E-state index contributed by atoms with van der Waals surface area (Å²) in [7, 11) is 0. The highest BCUT2D eigenvalue weighted by Gasteiger charge is 2.32. The number of tetrazole rings is 1. The molecule has 31 heavy (non-hydrogen) atoms. The predicted molar refractivity (Wildman–Crippen MR) is 125 cm³/mol. The van der Waals surface area contributed by atoms with Gasteiger partial charge in [-0.25, -0.2) is 4.68 Å². The molecule has 1 aliphatic heterocycles. The highest BCUT2D eigenvalue weighted by molar-refractivity contribution is 7.09. The van der Waals surface area contributed by atoms with Gasteiger partial charge in [-0.15, -0.1) is 16.4 Å². The molecule has 5 rings (SSSR count). The predicted octanol–water partition coefficient (Wildman–Crippen LogP) is 4.48. The highest BCUT2D eigenvalue weighted by atomic mass is 35.5. The number of rotatable bonds is 6. The minimum absolute atomic E-state index is 0.0285. The Balaban J connectivity index is 1.39. The standard InChI is InChI=1S/C23H29ClN6S/c24-19-10-8-18(9-11-19)22(23-25-26-27-30(23)17-21-7-4-16-31-21)29-14-12-28(13-15-29)20-5-2-1-3-6-20/h4,7-11,16,20,22H,1-3,5-6,12-15,17H2. The van der Waals surface area contributed by atoms with Crippen molar-refractivity contribution in [3.8, 4) is 0 Å². The van der Waals surface area contributed by atoms with Gasteiger partial charge in [-0.2, -0.15) is 0 Å².